The van der Waals surface area contributed by atoms with Gasteiger partial charge in [0.25, 0.3) is 0 Å². The number of halogens is 13. The van der Waals surface area contributed by atoms with Crippen LogP contribution in [-0.4, -0.2) is 9.97 Å². The summed E-state index contributed by atoms with van der Waals surface area (Å²) in [5, 5.41) is 0. The molecule has 52 heavy (non-hydrogen) atoms. The highest BCUT2D eigenvalue weighted by molar-refractivity contribution is 5.75. The van der Waals surface area contributed by atoms with Gasteiger partial charge in [-0.25, -0.2) is 57.1 Å². The van der Waals surface area contributed by atoms with Crippen molar-refractivity contribution in [1.82, 2.24) is 9.97 Å². The van der Waals surface area contributed by atoms with E-state index >= 15 is 8.78 Å². The maximum Gasteiger partial charge on any atom is 0.200 e. The number of aromatic nitrogens is 2. The quantitative estimate of drug-likeness (QED) is 0.0967. The second kappa shape index (κ2) is 13.1. The average molecular weight is 737 g/mol. The maximum absolute atomic E-state index is 15.8. The van der Waals surface area contributed by atoms with Crippen LogP contribution in [0, 0.1) is 75.6 Å². The van der Waals surface area contributed by atoms with E-state index in [4.69, 9.17) is 0 Å². The highest BCUT2D eigenvalue weighted by atomic mass is 19.2. The highest BCUT2D eigenvalue weighted by Gasteiger charge is 2.33. The van der Waals surface area contributed by atoms with E-state index in [1.54, 1.807) is 13.8 Å². The number of benzene rings is 4. The third-order valence-corrected chi connectivity index (χ3v) is 8.34. The molecule has 0 unspecified atom stereocenters. The predicted molar refractivity (Wildman–Crippen MR) is 162 cm³/mol. The normalized spacial score (nSPS) is 11.8. The summed E-state index contributed by atoms with van der Waals surface area (Å²) in [4.78, 5) is 8.77. The zero-order chi connectivity index (χ0) is 38.0. The summed E-state index contributed by atoms with van der Waals surface area (Å²) in [5.41, 5.74) is -8.39. The Bertz CT molecular complexity index is 2410. The van der Waals surface area contributed by atoms with Gasteiger partial charge in [0.15, 0.2) is 46.5 Å². The standard InChI is InChI=1S/C37H17F13N2/c1-37(2,22-7-3-5-20(51-22)14-9-11-17(38)24(27(14)41)16-13-19(40)30(44)33(47)29(16)43)23-8-4-6-21(52-23)15-10-12-18(39)25(28(15)42)26-31(45)34(48)36(50)35(49)32(26)46/h3-13H,1-2H3. The van der Waals surface area contributed by atoms with Gasteiger partial charge in [-0.2, -0.15) is 0 Å². The van der Waals surface area contributed by atoms with Gasteiger partial charge in [0.2, 0.25) is 5.82 Å². The van der Waals surface area contributed by atoms with Crippen molar-refractivity contribution in [3.8, 4) is 44.8 Å². The lowest BCUT2D eigenvalue weighted by Crippen LogP contribution is -2.22. The Morgan fingerprint density at radius 2 is 0.788 bits per heavy atom. The van der Waals surface area contributed by atoms with E-state index < -0.39 is 114 Å². The first kappa shape index (κ1) is 36.1. The molecule has 0 amide bonds. The number of hydrogen-bond acceptors (Lipinski definition) is 2. The zero-order valence-electron chi connectivity index (χ0n) is 26.2. The van der Waals surface area contributed by atoms with Crippen molar-refractivity contribution < 1.29 is 57.1 Å². The van der Waals surface area contributed by atoms with Crippen LogP contribution in [0.3, 0.4) is 0 Å². The Labute approximate surface area is 284 Å². The molecule has 0 fully saturated rings. The molecule has 6 rings (SSSR count). The SMILES string of the molecule is CC(C)(c1cccc(-c2ccc(F)c(-c3cc(F)c(F)c(F)c3F)c2F)n1)c1cccc(-c2ccc(F)c(-c3c(F)c(F)c(F)c(F)c3F)c2F)n1. The highest BCUT2D eigenvalue weighted by Crippen LogP contribution is 2.40. The van der Waals surface area contributed by atoms with Crippen molar-refractivity contribution >= 4 is 0 Å². The van der Waals surface area contributed by atoms with E-state index in [1.165, 1.54) is 36.4 Å². The summed E-state index contributed by atoms with van der Waals surface area (Å²) in [5.74, 6) is -27.0. The van der Waals surface area contributed by atoms with Crippen molar-refractivity contribution in [3.63, 3.8) is 0 Å². The Kier molecular flexibility index (Phi) is 9.09. The second-order valence-corrected chi connectivity index (χ2v) is 11.8. The zero-order valence-corrected chi connectivity index (χ0v) is 26.2. The van der Waals surface area contributed by atoms with E-state index in [0.29, 0.717) is 12.1 Å². The molecule has 4 aromatic carbocycles. The Hall–Kier alpha value is -5.73. The molecule has 2 nitrogen and oxygen atoms in total. The summed E-state index contributed by atoms with van der Waals surface area (Å²) >= 11 is 0. The largest absolute Gasteiger partial charge is 0.252 e. The summed E-state index contributed by atoms with van der Waals surface area (Å²) < 4.78 is 188. The second-order valence-electron chi connectivity index (χ2n) is 11.8. The lowest BCUT2D eigenvalue weighted by molar-refractivity contribution is 0.380. The molecule has 0 radical (unpaired) electrons. The summed E-state index contributed by atoms with van der Waals surface area (Å²) in [6.07, 6.45) is 0. The Morgan fingerprint density at radius 1 is 0.365 bits per heavy atom. The van der Waals surface area contributed by atoms with Crippen LogP contribution in [0.5, 0.6) is 0 Å². The topological polar surface area (TPSA) is 25.8 Å². The number of pyridine rings is 2. The van der Waals surface area contributed by atoms with E-state index in [-0.39, 0.29) is 28.8 Å². The van der Waals surface area contributed by atoms with Crippen LogP contribution < -0.4 is 0 Å². The van der Waals surface area contributed by atoms with Crippen LogP contribution in [0.25, 0.3) is 44.8 Å². The molecule has 15 heteroatoms. The maximum atomic E-state index is 15.8. The molecule has 2 aromatic heterocycles. The lowest BCUT2D eigenvalue weighted by Gasteiger charge is -2.25. The van der Waals surface area contributed by atoms with E-state index in [9.17, 15) is 48.3 Å². The minimum absolute atomic E-state index is 0.0980. The van der Waals surface area contributed by atoms with Gasteiger partial charge in [-0.05, 0) is 68.4 Å². The molecular weight excluding hydrogens is 719 g/mol. The molecule has 266 valence electrons. The van der Waals surface area contributed by atoms with Crippen molar-refractivity contribution in [1.29, 1.82) is 0 Å². The van der Waals surface area contributed by atoms with Crippen LogP contribution in [0.15, 0.2) is 66.7 Å². The molecule has 0 aliphatic heterocycles. The van der Waals surface area contributed by atoms with Gasteiger partial charge >= 0.3 is 0 Å². The van der Waals surface area contributed by atoms with Gasteiger partial charge in [-0.1, -0.05) is 12.1 Å². The molecule has 0 aliphatic rings. The Morgan fingerprint density at radius 3 is 1.29 bits per heavy atom. The van der Waals surface area contributed by atoms with Gasteiger partial charge in [-0.3, -0.25) is 9.97 Å². The molecular formula is C37H17F13N2. The molecule has 0 aliphatic carbocycles. The smallest absolute Gasteiger partial charge is 0.200 e. The number of nitrogens with zero attached hydrogens (tertiary/aromatic N) is 2. The van der Waals surface area contributed by atoms with Gasteiger partial charge < -0.3 is 0 Å². The summed E-state index contributed by atoms with van der Waals surface area (Å²) in [6, 6.07) is 11.2. The predicted octanol–water partition coefficient (Wildman–Crippen LogP) is 11.3. The monoisotopic (exact) mass is 736 g/mol. The molecule has 2 heterocycles. The van der Waals surface area contributed by atoms with Crippen LogP contribution >= 0.6 is 0 Å². The molecule has 0 N–H and O–H groups in total. The fraction of sp³-hybridized carbons (Fsp3) is 0.0811. The van der Waals surface area contributed by atoms with Gasteiger partial charge in [0.05, 0.1) is 39.5 Å². The van der Waals surface area contributed by atoms with Crippen molar-refractivity contribution in [3.05, 3.63) is 154 Å². The van der Waals surface area contributed by atoms with E-state index in [0.717, 1.165) is 12.1 Å². The van der Waals surface area contributed by atoms with Gasteiger partial charge in [0, 0.05) is 22.1 Å². The van der Waals surface area contributed by atoms with Crippen molar-refractivity contribution in [2.75, 3.05) is 0 Å². The van der Waals surface area contributed by atoms with Gasteiger partial charge in [0.1, 0.15) is 23.3 Å². The first-order valence-corrected chi connectivity index (χ1v) is 14.7. The fourth-order valence-corrected chi connectivity index (χ4v) is 5.55. The summed E-state index contributed by atoms with van der Waals surface area (Å²) in [7, 11) is 0. The van der Waals surface area contributed by atoms with Gasteiger partial charge in [-0.15, -0.1) is 0 Å². The molecule has 0 spiro atoms. The first-order chi connectivity index (χ1) is 24.5. The average Bonchev–Trinajstić information content (AvgIpc) is 3.12. The molecule has 0 bridgehead atoms. The molecule has 0 atom stereocenters. The lowest BCUT2D eigenvalue weighted by atomic mass is 9.84. The van der Waals surface area contributed by atoms with E-state index in [1.807, 2.05) is 0 Å². The minimum Gasteiger partial charge on any atom is -0.252 e. The van der Waals surface area contributed by atoms with Crippen molar-refractivity contribution in [2.45, 2.75) is 19.3 Å². The third kappa shape index (κ3) is 5.73. The molecule has 0 saturated carbocycles. The molecule has 6 aromatic rings. The van der Waals surface area contributed by atoms with Crippen LogP contribution in [-0.2, 0) is 5.41 Å². The minimum atomic E-state index is -2.53. The number of rotatable bonds is 6. The van der Waals surface area contributed by atoms with Crippen LogP contribution in [0.1, 0.15) is 25.2 Å². The first-order valence-electron chi connectivity index (χ1n) is 14.7. The third-order valence-electron chi connectivity index (χ3n) is 8.34. The number of hydrogen-bond donors (Lipinski definition) is 0. The molecule has 0 saturated heterocycles. The summed E-state index contributed by atoms with van der Waals surface area (Å²) in [6.45, 7) is 3.11. The Balaban J connectivity index is 1.43. The fourth-order valence-electron chi connectivity index (χ4n) is 5.55. The van der Waals surface area contributed by atoms with Crippen molar-refractivity contribution in [2.24, 2.45) is 0 Å². The van der Waals surface area contributed by atoms with Crippen LogP contribution in [0.4, 0.5) is 57.1 Å². The van der Waals surface area contributed by atoms with Crippen LogP contribution in [0.2, 0.25) is 0 Å². The van der Waals surface area contributed by atoms with E-state index in [2.05, 4.69) is 9.97 Å².